The molecule has 0 spiro atoms. The maximum absolute atomic E-state index is 6.65. The molecule has 55 heavy (non-hydrogen) atoms. The first-order valence-corrected chi connectivity index (χ1v) is 18.3. The smallest absolute Gasteiger partial charge is 0.164 e. The molecule has 0 amide bonds. The molecule has 10 rings (SSSR count). The molecule has 0 N–H and O–H groups in total. The van der Waals surface area contributed by atoms with Crippen molar-refractivity contribution in [3.63, 3.8) is 0 Å². The van der Waals surface area contributed by atoms with Crippen LogP contribution in [-0.2, 0) is 0 Å². The number of hydrogen-bond donors (Lipinski definition) is 0. The van der Waals surface area contributed by atoms with Gasteiger partial charge in [0, 0.05) is 43.6 Å². The van der Waals surface area contributed by atoms with E-state index in [1.165, 1.54) is 0 Å². The maximum Gasteiger partial charge on any atom is 0.164 e. The van der Waals surface area contributed by atoms with Crippen molar-refractivity contribution in [3.05, 3.63) is 188 Å². The van der Waals surface area contributed by atoms with Gasteiger partial charge in [-0.3, -0.25) is 0 Å². The van der Waals surface area contributed by atoms with Crippen LogP contribution in [0.2, 0.25) is 0 Å². The van der Waals surface area contributed by atoms with Crippen LogP contribution in [0.25, 0.3) is 100.0 Å². The Morgan fingerprint density at radius 1 is 0.509 bits per heavy atom. The molecule has 10 aromatic rings. The van der Waals surface area contributed by atoms with Gasteiger partial charge in [-0.1, -0.05) is 140 Å². The van der Waals surface area contributed by atoms with Gasteiger partial charge in [0.2, 0.25) is 0 Å². The predicted octanol–water partition coefficient (Wildman–Crippen LogP) is 13.5. The van der Waals surface area contributed by atoms with Crippen LogP contribution in [0.4, 0.5) is 0 Å². The zero-order valence-corrected chi connectivity index (χ0v) is 30.0. The fourth-order valence-electron chi connectivity index (χ4n) is 7.60. The van der Waals surface area contributed by atoms with E-state index < -0.39 is 0 Å². The number of rotatable bonds is 7. The number of furan rings is 2. The molecule has 0 radical (unpaired) electrons. The fraction of sp³-hybridized carbons (Fsp3) is 0.0200. The lowest BCUT2D eigenvalue weighted by atomic mass is 9.91. The lowest BCUT2D eigenvalue weighted by Gasteiger charge is -2.12. The van der Waals surface area contributed by atoms with Crippen molar-refractivity contribution >= 4 is 65.8 Å². The van der Waals surface area contributed by atoms with Gasteiger partial charge in [-0.15, -0.1) is 0 Å². The second-order valence-corrected chi connectivity index (χ2v) is 13.6. The largest absolute Gasteiger partial charge is 0.456 e. The summed E-state index contributed by atoms with van der Waals surface area (Å²) in [7, 11) is 0. The third kappa shape index (κ3) is 5.61. The molecule has 5 heteroatoms. The summed E-state index contributed by atoms with van der Waals surface area (Å²) in [4.78, 5) is 14.8. The molecule has 0 aliphatic rings. The van der Waals surface area contributed by atoms with Crippen LogP contribution in [0.1, 0.15) is 18.1 Å². The zero-order chi connectivity index (χ0) is 36.9. The highest BCUT2D eigenvalue weighted by Gasteiger charge is 2.21. The molecule has 3 aromatic heterocycles. The van der Waals surface area contributed by atoms with Crippen molar-refractivity contribution in [2.45, 2.75) is 6.92 Å². The topological polar surface area (TPSA) is 65.0 Å². The van der Waals surface area contributed by atoms with Crippen LogP contribution in [0, 0.1) is 0 Å². The van der Waals surface area contributed by atoms with Gasteiger partial charge in [-0.2, -0.15) is 0 Å². The van der Waals surface area contributed by atoms with E-state index in [1.54, 1.807) is 0 Å². The minimum atomic E-state index is 0.594. The lowest BCUT2D eigenvalue weighted by Crippen LogP contribution is -2.00. The first-order valence-electron chi connectivity index (χ1n) is 18.3. The Morgan fingerprint density at radius 2 is 1.09 bits per heavy atom. The molecule has 0 aliphatic heterocycles. The van der Waals surface area contributed by atoms with Crippen molar-refractivity contribution in [1.82, 2.24) is 15.0 Å². The fourth-order valence-corrected chi connectivity index (χ4v) is 7.60. The number of aromatic nitrogens is 3. The zero-order valence-electron chi connectivity index (χ0n) is 30.0. The monoisotopic (exact) mass is 707 g/mol. The molecule has 260 valence electrons. The lowest BCUT2D eigenvalue weighted by molar-refractivity contribution is 0.667. The Balaban J connectivity index is 1.13. The molecule has 7 aromatic carbocycles. The van der Waals surface area contributed by atoms with Crippen molar-refractivity contribution in [2.24, 2.45) is 0 Å². The van der Waals surface area contributed by atoms with E-state index in [2.05, 4.69) is 79.4 Å². The first-order chi connectivity index (χ1) is 27.1. The van der Waals surface area contributed by atoms with Crippen LogP contribution in [0.3, 0.4) is 0 Å². The number of benzene rings is 7. The minimum absolute atomic E-state index is 0.594. The van der Waals surface area contributed by atoms with Crippen LogP contribution in [-0.4, -0.2) is 15.0 Å². The second-order valence-electron chi connectivity index (χ2n) is 13.6. The van der Waals surface area contributed by atoms with Gasteiger partial charge < -0.3 is 8.83 Å². The highest BCUT2D eigenvalue weighted by Crippen LogP contribution is 2.44. The molecule has 0 fully saturated rings. The van der Waals surface area contributed by atoms with Crippen LogP contribution < -0.4 is 0 Å². The summed E-state index contributed by atoms with van der Waals surface area (Å²) in [6.07, 6.45) is 6.33. The van der Waals surface area contributed by atoms with Crippen molar-refractivity contribution in [1.29, 1.82) is 0 Å². The quantitative estimate of drug-likeness (QED) is 0.154. The Morgan fingerprint density at radius 3 is 1.78 bits per heavy atom. The van der Waals surface area contributed by atoms with Crippen LogP contribution >= 0.6 is 0 Å². The molecule has 0 bridgehead atoms. The molecule has 3 heterocycles. The predicted molar refractivity (Wildman–Crippen MR) is 226 cm³/mol. The Labute approximate surface area is 317 Å². The molecule has 0 atom stereocenters. The number of hydrogen-bond acceptors (Lipinski definition) is 5. The number of allylic oxidation sites excluding steroid dienone is 5. The van der Waals surface area contributed by atoms with E-state index in [9.17, 15) is 0 Å². The van der Waals surface area contributed by atoms with E-state index in [-0.39, 0.29) is 0 Å². The van der Waals surface area contributed by atoms with Gasteiger partial charge >= 0.3 is 0 Å². The summed E-state index contributed by atoms with van der Waals surface area (Å²) in [6.45, 7) is 6.62. The van der Waals surface area contributed by atoms with E-state index in [1.807, 2.05) is 104 Å². The minimum Gasteiger partial charge on any atom is -0.456 e. The van der Waals surface area contributed by atoms with E-state index in [0.29, 0.717) is 17.5 Å². The first kappa shape index (κ1) is 32.3. The molecule has 0 aliphatic carbocycles. The molecular weight excluding hydrogens is 675 g/mol. The van der Waals surface area contributed by atoms with Gasteiger partial charge in [0.25, 0.3) is 0 Å². The third-order valence-corrected chi connectivity index (χ3v) is 10.2. The van der Waals surface area contributed by atoms with E-state index in [0.717, 1.165) is 93.6 Å². The molecular formula is C50H33N3O2. The normalized spacial score (nSPS) is 12.2. The second kappa shape index (κ2) is 13.2. The van der Waals surface area contributed by atoms with Crippen molar-refractivity contribution in [3.8, 4) is 34.2 Å². The highest BCUT2D eigenvalue weighted by molar-refractivity contribution is 6.29. The maximum atomic E-state index is 6.65. The summed E-state index contributed by atoms with van der Waals surface area (Å²) >= 11 is 0. The summed E-state index contributed by atoms with van der Waals surface area (Å²) in [5, 5.41) is 6.38. The number of fused-ring (bicyclic) bond motifs is 9. The summed E-state index contributed by atoms with van der Waals surface area (Å²) in [6, 6.07) is 51.3. The average Bonchev–Trinajstić information content (AvgIpc) is 3.82. The number of para-hydroxylation sites is 2. The molecule has 0 saturated heterocycles. The van der Waals surface area contributed by atoms with Gasteiger partial charge in [-0.05, 0) is 71.0 Å². The van der Waals surface area contributed by atoms with E-state index in [4.69, 9.17) is 23.8 Å². The van der Waals surface area contributed by atoms with Gasteiger partial charge in [0.15, 0.2) is 17.5 Å². The van der Waals surface area contributed by atoms with Crippen LogP contribution in [0.5, 0.6) is 0 Å². The van der Waals surface area contributed by atoms with Crippen molar-refractivity contribution in [2.75, 3.05) is 0 Å². The standard InChI is InChI=1S/C50H33N3O2/c1-3-15-35(41-30-44-45(40-23-11-13-25-43(40)54-44)46-38(41)26-27-39-37-22-10-12-24-42(37)55-47(39)46)28-31(2)34-20-14-21-36(29-34)50-52-48(32-16-6-4-7-17-32)51-49(53-50)33-18-8-5-9-19-33/h3-30H,2H2,1H3/b15-3-,35-28+. The number of nitrogens with zero attached hydrogens (tertiary/aromatic N) is 3. The Hall–Kier alpha value is -7.37. The average molecular weight is 708 g/mol. The van der Waals surface area contributed by atoms with Gasteiger partial charge in [-0.25, -0.2) is 15.0 Å². The summed E-state index contributed by atoms with van der Waals surface area (Å²) < 4.78 is 13.2. The van der Waals surface area contributed by atoms with Crippen LogP contribution in [0.15, 0.2) is 185 Å². The SMILES string of the molecule is C=C(/C=C(\C=C/C)c1cc2oc3ccccc3c2c2c1ccc1c3ccccc3oc12)c1cccc(-c2nc(-c3ccccc3)nc(-c3ccccc3)n2)c1. The molecule has 5 nitrogen and oxygen atoms in total. The summed E-state index contributed by atoms with van der Waals surface area (Å²) in [5.74, 6) is 1.84. The van der Waals surface area contributed by atoms with E-state index >= 15 is 0 Å². The summed E-state index contributed by atoms with van der Waals surface area (Å²) in [5.41, 5.74) is 9.91. The third-order valence-electron chi connectivity index (χ3n) is 10.2. The molecule has 0 unspecified atom stereocenters. The van der Waals surface area contributed by atoms with Crippen molar-refractivity contribution < 1.29 is 8.83 Å². The Bertz CT molecular complexity index is 3110. The van der Waals surface area contributed by atoms with Gasteiger partial charge in [0.05, 0.1) is 0 Å². The molecule has 0 saturated carbocycles. The Kier molecular flexibility index (Phi) is 7.77. The van der Waals surface area contributed by atoms with Gasteiger partial charge in [0.1, 0.15) is 22.3 Å². The highest BCUT2D eigenvalue weighted by atomic mass is 16.3.